The highest BCUT2D eigenvalue weighted by molar-refractivity contribution is 5.89. The fraction of sp³-hybridized carbons (Fsp3) is 0.350. The van der Waals surface area contributed by atoms with E-state index in [0.717, 1.165) is 22.5 Å². The molecular weight excluding hydrogens is 314 g/mol. The third-order valence-corrected chi connectivity index (χ3v) is 3.06. The van der Waals surface area contributed by atoms with Crippen LogP contribution in [0.3, 0.4) is 0 Å². The molecule has 2 N–H and O–H groups in total. The highest BCUT2D eigenvalue weighted by Gasteiger charge is 2.07. The second kappa shape index (κ2) is 12.7. The van der Waals surface area contributed by atoms with Crippen LogP contribution in [0.4, 0.5) is 5.69 Å². The predicted molar refractivity (Wildman–Crippen MR) is 105 cm³/mol. The van der Waals surface area contributed by atoms with Gasteiger partial charge < -0.3 is 15.5 Å². The van der Waals surface area contributed by atoms with Gasteiger partial charge in [-0.2, -0.15) is 0 Å². The third-order valence-electron chi connectivity index (χ3n) is 3.06. The van der Waals surface area contributed by atoms with Crippen LogP contribution in [0.15, 0.2) is 36.5 Å². The Balaban J connectivity index is 0.00000134. The van der Waals surface area contributed by atoms with E-state index in [4.69, 9.17) is 5.41 Å². The van der Waals surface area contributed by atoms with Crippen molar-refractivity contribution in [1.29, 1.82) is 5.41 Å². The van der Waals surface area contributed by atoms with Gasteiger partial charge in [0.25, 0.3) is 0 Å². The number of carbonyl (C=O) groups excluding carboxylic acids is 1. The van der Waals surface area contributed by atoms with Crippen molar-refractivity contribution in [1.82, 2.24) is 4.98 Å². The van der Waals surface area contributed by atoms with Crippen molar-refractivity contribution in [3.05, 3.63) is 58.9 Å². The van der Waals surface area contributed by atoms with E-state index in [2.05, 4.69) is 15.0 Å². The van der Waals surface area contributed by atoms with Gasteiger partial charge >= 0.3 is 5.97 Å². The van der Waals surface area contributed by atoms with Crippen LogP contribution in [-0.4, -0.2) is 24.3 Å². The van der Waals surface area contributed by atoms with E-state index < -0.39 is 0 Å². The second-order valence-electron chi connectivity index (χ2n) is 4.62. The smallest absolute Gasteiger partial charge is 0.337 e. The Morgan fingerprint density at radius 3 is 2.48 bits per heavy atom. The Bertz CT molecular complexity index is 670. The molecule has 5 heteroatoms. The van der Waals surface area contributed by atoms with Gasteiger partial charge in [-0.25, -0.2) is 4.79 Å². The lowest BCUT2D eigenvalue weighted by Gasteiger charge is -2.10. The Kier molecular flexibility index (Phi) is 11.3. The summed E-state index contributed by atoms with van der Waals surface area (Å²) in [6, 6.07) is 9.16. The van der Waals surface area contributed by atoms with Crippen molar-refractivity contribution < 1.29 is 9.53 Å². The zero-order valence-corrected chi connectivity index (χ0v) is 16.0. The molecule has 25 heavy (non-hydrogen) atoms. The first-order valence-electron chi connectivity index (χ1n) is 8.52. The van der Waals surface area contributed by atoms with Crippen molar-refractivity contribution in [3.8, 4) is 0 Å². The molecule has 0 aliphatic rings. The van der Waals surface area contributed by atoms with Crippen molar-refractivity contribution >= 4 is 17.9 Å². The number of rotatable bonds is 5. The number of nitrogens with zero attached hydrogens (tertiary/aromatic N) is 1. The lowest BCUT2D eigenvalue weighted by atomic mass is 10.1. The van der Waals surface area contributed by atoms with E-state index in [-0.39, 0.29) is 5.97 Å². The maximum absolute atomic E-state index is 11.5. The standard InChI is InChI=1S/C16H17N3O2.2C2H6/c1-11-3-4-15(13(7-11)9-17)19-10-14-8-12(5-6-18-14)16(20)21-2;2*1-2/h3-9,17,19H,10H2,1-2H3;2*1-2H3. The molecule has 0 aliphatic carbocycles. The number of hydrogen-bond donors (Lipinski definition) is 2. The van der Waals surface area contributed by atoms with Gasteiger partial charge in [-0.1, -0.05) is 39.3 Å². The molecule has 0 saturated heterocycles. The summed E-state index contributed by atoms with van der Waals surface area (Å²) in [5, 5.41) is 10.7. The van der Waals surface area contributed by atoms with Gasteiger partial charge in [0.05, 0.1) is 24.9 Å². The molecule has 1 heterocycles. The molecule has 0 atom stereocenters. The molecule has 2 aromatic rings. The molecule has 0 saturated carbocycles. The lowest BCUT2D eigenvalue weighted by molar-refractivity contribution is 0.0600. The van der Waals surface area contributed by atoms with Gasteiger partial charge in [-0.05, 0) is 31.2 Å². The molecule has 0 bridgehead atoms. The summed E-state index contributed by atoms with van der Waals surface area (Å²) in [5.41, 5.74) is 3.99. The summed E-state index contributed by atoms with van der Waals surface area (Å²) in [6.45, 7) is 10.5. The average molecular weight is 343 g/mol. The topological polar surface area (TPSA) is 75.1 Å². The largest absolute Gasteiger partial charge is 0.465 e. The maximum atomic E-state index is 11.5. The molecule has 0 fully saturated rings. The van der Waals surface area contributed by atoms with E-state index in [1.807, 2.05) is 52.8 Å². The zero-order chi connectivity index (χ0) is 19.2. The molecule has 1 aromatic heterocycles. The van der Waals surface area contributed by atoms with Crippen LogP contribution in [0.25, 0.3) is 0 Å². The van der Waals surface area contributed by atoms with E-state index in [1.165, 1.54) is 13.3 Å². The molecule has 136 valence electrons. The minimum atomic E-state index is -0.380. The first-order valence-corrected chi connectivity index (χ1v) is 8.52. The number of nitrogens with one attached hydrogen (secondary N) is 2. The van der Waals surface area contributed by atoms with Crippen LogP contribution < -0.4 is 5.32 Å². The van der Waals surface area contributed by atoms with Gasteiger partial charge in [0.2, 0.25) is 0 Å². The summed E-state index contributed by atoms with van der Waals surface area (Å²) in [5.74, 6) is -0.380. The van der Waals surface area contributed by atoms with E-state index in [0.29, 0.717) is 12.1 Å². The number of aromatic nitrogens is 1. The molecule has 2 rings (SSSR count). The highest BCUT2D eigenvalue weighted by Crippen LogP contribution is 2.16. The number of ether oxygens (including phenoxy) is 1. The lowest BCUT2D eigenvalue weighted by Crippen LogP contribution is -2.07. The summed E-state index contributed by atoms with van der Waals surface area (Å²) >= 11 is 0. The van der Waals surface area contributed by atoms with Crippen molar-refractivity contribution in [3.63, 3.8) is 0 Å². The Labute approximate surface area is 151 Å². The van der Waals surface area contributed by atoms with E-state index in [9.17, 15) is 4.79 Å². The molecular formula is C20H29N3O2. The minimum absolute atomic E-state index is 0.380. The number of pyridine rings is 1. The Hall–Kier alpha value is -2.69. The summed E-state index contributed by atoms with van der Waals surface area (Å²) in [7, 11) is 1.35. The predicted octanol–water partition coefficient (Wildman–Crippen LogP) is 4.84. The number of carbonyl (C=O) groups is 1. The fourth-order valence-corrected chi connectivity index (χ4v) is 1.97. The maximum Gasteiger partial charge on any atom is 0.337 e. The molecule has 0 spiro atoms. The van der Waals surface area contributed by atoms with Gasteiger partial charge in [0.1, 0.15) is 0 Å². The number of esters is 1. The number of hydrogen-bond acceptors (Lipinski definition) is 5. The summed E-state index contributed by atoms with van der Waals surface area (Å²) in [6.07, 6.45) is 2.89. The second-order valence-corrected chi connectivity index (χ2v) is 4.62. The first kappa shape index (κ1) is 22.3. The van der Waals surface area contributed by atoms with Crippen LogP contribution in [0.2, 0.25) is 0 Å². The number of aryl methyl sites for hydroxylation is 1. The van der Waals surface area contributed by atoms with Crippen LogP contribution in [0, 0.1) is 12.3 Å². The Morgan fingerprint density at radius 1 is 1.20 bits per heavy atom. The van der Waals surface area contributed by atoms with E-state index >= 15 is 0 Å². The van der Waals surface area contributed by atoms with Gasteiger partial charge in [-0.15, -0.1) is 0 Å². The number of methoxy groups -OCH3 is 1. The average Bonchev–Trinajstić information content (AvgIpc) is 2.69. The first-order chi connectivity index (χ1) is 12.1. The van der Waals surface area contributed by atoms with Crippen LogP contribution in [0.5, 0.6) is 0 Å². The van der Waals surface area contributed by atoms with Crippen LogP contribution in [-0.2, 0) is 11.3 Å². The van der Waals surface area contributed by atoms with Gasteiger partial charge in [0.15, 0.2) is 0 Å². The van der Waals surface area contributed by atoms with Crippen molar-refractivity contribution in [2.45, 2.75) is 41.2 Å². The number of benzene rings is 1. The summed E-state index contributed by atoms with van der Waals surface area (Å²) in [4.78, 5) is 15.7. The summed E-state index contributed by atoms with van der Waals surface area (Å²) < 4.78 is 4.69. The van der Waals surface area contributed by atoms with Crippen molar-refractivity contribution in [2.75, 3.05) is 12.4 Å². The molecule has 0 amide bonds. The normalized spacial score (nSPS) is 8.88. The zero-order valence-electron chi connectivity index (χ0n) is 16.0. The van der Waals surface area contributed by atoms with Gasteiger partial charge in [0, 0.05) is 23.7 Å². The number of anilines is 1. The molecule has 0 radical (unpaired) electrons. The molecule has 1 aromatic carbocycles. The SMILES string of the molecule is CC.CC.COC(=O)c1ccnc(CNc2ccc(C)cc2C=N)c1. The molecule has 0 aliphatic heterocycles. The van der Waals surface area contributed by atoms with Crippen molar-refractivity contribution in [2.24, 2.45) is 0 Å². The molecule has 0 unspecified atom stereocenters. The van der Waals surface area contributed by atoms with E-state index in [1.54, 1.807) is 18.3 Å². The highest BCUT2D eigenvalue weighted by atomic mass is 16.5. The van der Waals surface area contributed by atoms with Crippen LogP contribution >= 0.6 is 0 Å². The van der Waals surface area contributed by atoms with Crippen LogP contribution in [0.1, 0.15) is 54.9 Å². The van der Waals surface area contributed by atoms with Gasteiger partial charge in [-0.3, -0.25) is 4.98 Å². The minimum Gasteiger partial charge on any atom is -0.465 e. The Morgan fingerprint density at radius 2 is 1.88 bits per heavy atom. The fourth-order valence-electron chi connectivity index (χ4n) is 1.97. The molecule has 5 nitrogen and oxygen atoms in total. The monoisotopic (exact) mass is 343 g/mol. The third kappa shape index (κ3) is 7.16. The quantitative estimate of drug-likeness (QED) is 0.602.